The number of hydrogen-bond donors (Lipinski definition) is 2. The van der Waals surface area contributed by atoms with E-state index in [4.69, 9.17) is 4.74 Å². The Labute approximate surface area is 164 Å². The molecule has 2 aromatic carbocycles. The Morgan fingerprint density at radius 2 is 1.89 bits per heavy atom. The van der Waals surface area contributed by atoms with Gasteiger partial charge in [-0.25, -0.2) is 9.97 Å². The number of phenolic OH excluding ortho intramolecular Hbond substituents is 1. The molecule has 2 N–H and O–H groups in total. The molecule has 0 saturated carbocycles. The van der Waals surface area contributed by atoms with Gasteiger partial charge in [0.2, 0.25) is 0 Å². The Bertz CT molecular complexity index is 972. The van der Waals surface area contributed by atoms with Crippen molar-refractivity contribution in [2.45, 2.75) is 27.2 Å². The third kappa shape index (κ3) is 4.65. The van der Waals surface area contributed by atoms with Gasteiger partial charge in [0.1, 0.15) is 11.5 Å². The van der Waals surface area contributed by atoms with Gasteiger partial charge >= 0.3 is 0 Å². The van der Waals surface area contributed by atoms with Crippen LogP contribution >= 0.6 is 0 Å². The highest BCUT2D eigenvalue weighted by Crippen LogP contribution is 2.23. The minimum Gasteiger partial charge on any atom is -0.507 e. The molecule has 0 saturated heterocycles. The summed E-state index contributed by atoms with van der Waals surface area (Å²) in [6.07, 6.45) is 2.47. The van der Waals surface area contributed by atoms with Crippen molar-refractivity contribution in [3.05, 3.63) is 65.4 Å². The SMILES string of the molecule is CCCOc1ccc(/C=N/Nc2nc(-c3ccccc3)nc(C)c2C)c(O)c1. The van der Waals surface area contributed by atoms with E-state index >= 15 is 0 Å². The van der Waals surface area contributed by atoms with Crippen LogP contribution in [0.2, 0.25) is 0 Å². The molecule has 0 amide bonds. The van der Waals surface area contributed by atoms with Crippen molar-refractivity contribution in [3.63, 3.8) is 0 Å². The van der Waals surface area contributed by atoms with Crippen molar-refractivity contribution in [2.24, 2.45) is 5.10 Å². The first-order chi connectivity index (χ1) is 13.6. The summed E-state index contributed by atoms with van der Waals surface area (Å²) in [5, 5.41) is 14.4. The van der Waals surface area contributed by atoms with Crippen molar-refractivity contribution in [2.75, 3.05) is 12.0 Å². The zero-order valence-corrected chi connectivity index (χ0v) is 16.3. The molecule has 0 fully saturated rings. The van der Waals surface area contributed by atoms with Crippen LogP contribution in [0.25, 0.3) is 11.4 Å². The lowest BCUT2D eigenvalue weighted by Crippen LogP contribution is -2.03. The number of rotatable bonds is 7. The minimum atomic E-state index is 0.111. The first kappa shape index (κ1) is 19.4. The fourth-order valence-electron chi connectivity index (χ4n) is 2.56. The number of nitrogens with zero attached hydrogens (tertiary/aromatic N) is 3. The number of anilines is 1. The van der Waals surface area contributed by atoms with Crippen LogP contribution in [0, 0.1) is 13.8 Å². The van der Waals surface area contributed by atoms with Gasteiger partial charge in [-0.1, -0.05) is 37.3 Å². The maximum atomic E-state index is 10.2. The zero-order chi connectivity index (χ0) is 19.9. The fraction of sp³-hybridized carbons (Fsp3) is 0.227. The van der Waals surface area contributed by atoms with Gasteiger partial charge in [0, 0.05) is 28.5 Å². The van der Waals surface area contributed by atoms with Crippen LogP contribution in [0.1, 0.15) is 30.2 Å². The second kappa shape index (κ2) is 8.99. The maximum Gasteiger partial charge on any atom is 0.161 e. The van der Waals surface area contributed by atoms with E-state index in [0.29, 0.717) is 29.6 Å². The summed E-state index contributed by atoms with van der Waals surface area (Å²) >= 11 is 0. The Morgan fingerprint density at radius 3 is 2.61 bits per heavy atom. The molecule has 144 valence electrons. The number of phenols is 1. The number of hydrazone groups is 1. The average molecular weight is 376 g/mol. The minimum absolute atomic E-state index is 0.111. The molecule has 0 aliphatic carbocycles. The van der Waals surface area contributed by atoms with Gasteiger partial charge in [-0.15, -0.1) is 0 Å². The average Bonchev–Trinajstić information content (AvgIpc) is 2.71. The molecule has 0 aliphatic heterocycles. The normalized spacial score (nSPS) is 11.0. The Kier molecular flexibility index (Phi) is 6.22. The summed E-state index contributed by atoms with van der Waals surface area (Å²) < 4.78 is 5.51. The third-order valence-corrected chi connectivity index (χ3v) is 4.27. The van der Waals surface area contributed by atoms with Crippen LogP contribution in [0.15, 0.2) is 53.6 Å². The molecule has 1 aromatic heterocycles. The Balaban J connectivity index is 1.78. The summed E-state index contributed by atoms with van der Waals surface area (Å²) in [7, 11) is 0. The number of hydrogen-bond acceptors (Lipinski definition) is 6. The van der Waals surface area contributed by atoms with Gasteiger partial charge in [0.25, 0.3) is 0 Å². The largest absolute Gasteiger partial charge is 0.507 e. The van der Waals surface area contributed by atoms with Crippen molar-refractivity contribution in [3.8, 4) is 22.9 Å². The van der Waals surface area contributed by atoms with Gasteiger partial charge in [-0.3, -0.25) is 5.43 Å². The molecule has 0 aliphatic rings. The molecule has 3 rings (SSSR count). The Hall–Kier alpha value is -3.41. The molecule has 0 radical (unpaired) electrons. The smallest absolute Gasteiger partial charge is 0.161 e. The highest BCUT2D eigenvalue weighted by Gasteiger charge is 2.09. The van der Waals surface area contributed by atoms with E-state index in [1.54, 1.807) is 18.3 Å². The van der Waals surface area contributed by atoms with Gasteiger partial charge in [-0.2, -0.15) is 5.10 Å². The maximum absolute atomic E-state index is 10.2. The second-order valence-electron chi connectivity index (χ2n) is 6.41. The molecular weight excluding hydrogens is 352 g/mol. The van der Waals surface area contributed by atoms with Crippen molar-refractivity contribution >= 4 is 12.0 Å². The first-order valence-electron chi connectivity index (χ1n) is 9.24. The molecule has 0 unspecified atom stereocenters. The van der Waals surface area contributed by atoms with E-state index in [2.05, 4.69) is 20.5 Å². The molecule has 28 heavy (non-hydrogen) atoms. The predicted octanol–water partition coefficient (Wildman–Crippen LogP) is 4.70. The lowest BCUT2D eigenvalue weighted by molar-refractivity contribution is 0.315. The van der Waals surface area contributed by atoms with Crippen molar-refractivity contribution in [1.82, 2.24) is 9.97 Å². The van der Waals surface area contributed by atoms with Crippen LogP contribution in [-0.2, 0) is 0 Å². The summed E-state index contributed by atoms with van der Waals surface area (Å²) in [6, 6.07) is 15.0. The van der Waals surface area contributed by atoms with Crippen molar-refractivity contribution in [1.29, 1.82) is 0 Å². The molecule has 0 atom stereocenters. The van der Waals surface area contributed by atoms with Crippen LogP contribution in [0.5, 0.6) is 11.5 Å². The highest BCUT2D eigenvalue weighted by molar-refractivity contribution is 5.84. The van der Waals surface area contributed by atoms with E-state index in [9.17, 15) is 5.11 Å². The van der Waals surface area contributed by atoms with E-state index in [1.807, 2.05) is 57.2 Å². The van der Waals surface area contributed by atoms with Crippen LogP contribution in [-0.4, -0.2) is 27.9 Å². The topological polar surface area (TPSA) is 79.6 Å². The number of aryl methyl sites for hydroxylation is 1. The molecular formula is C22H24N4O2. The van der Waals surface area contributed by atoms with Gasteiger partial charge < -0.3 is 9.84 Å². The number of ether oxygens (including phenoxy) is 1. The summed E-state index contributed by atoms with van der Waals surface area (Å²) in [6.45, 7) is 6.54. The number of aromatic hydroxyl groups is 1. The number of aromatic nitrogens is 2. The quantitative estimate of drug-likeness (QED) is 0.461. The van der Waals surface area contributed by atoms with Gasteiger partial charge in [0.05, 0.1) is 12.8 Å². The van der Waals surface area contributed by atoms with Gasteiger partial charge in [0.15, 0.2) is 11.6 Å². The lowest BCUT2D eigenvalue weighted by atomic mass is 10.2. The summed E-state index contributed by atoms with van der Waals surface area (Å²) in [4.78, 5) is 9.15. The van der Waals surface area contributed by atoms with Crippen LogP contribution in [0.4, 0.5) is 5.82 Å². The first-order valence-corrected chi connectivity index (χ1v) is 9.24. The number of benzene rings is 2. The predicted molar refractivity (Wildman–Crippen MR) is 112 cm³/mol. The fourth-order valence-corrected chi connectivity index (χ4v) is 2.56. The lowest BCUT2D eigenvalue weighted by Gasteiger charge is -2.10. The number of nitrogens with one attached hydrogen (secondary N) is 1. The van der Waals surface area contributed by atoms with E-state index in [0.717, 1.165) is 23.2 Å². The zero-order valence-electron chi connectivity index (χ0n) is 16.3. The molecule has 3 aromatic rings. The van der Waals surface area contributed by atoms with Crippen LogP contribution in [0.3, 0.4) is 0 Å². The van der Waals surface area contributed by atoms with E-state index < -0.39 is 0 Å². The van der Waals surface area contributed by atoms with Crippen LogP contribution < -0.4 is 10.2 Å². The second-order valence-corrected chi connectivity index (χ2v) is 6.41. The van der Waals surface area contributed by atoms with E-state index in [-0.39, 0.29) is 5.75 Å². The standard InChI is InChI=1S/C22H24N4O2/c1-4-12-28-19-11-10-18(20(27)13-19)14-23-26-21-15(2)16(3)24-22(25-21)17-8-6-5-7-9-17/h5-11,13-14,27H,4,12H2,1-3H3,(H,24,25,26)/b23-14+. The molecule has 0 bridgehead atoms. The molecule has 1 heterocycles. The van der Waals surface area contributed by atoms with Gasteiger partial charge in [-0.05, 0) is 32.4 Å². The van der Waals surface area contributed by atoms with Crippen molar-refractivity contribution < 1.29 is 9.84 Å². The Morgan fingerprint density at radius 1 is 1.11 bits per heavy atom. The molecule has 6 nitrogen and oxygen atoms in total. The van der Waals surface area contributed by atoms with E-state index in [1.165, 1.54) is 0 Å². The summed E-state index contributed by atoms with van der Waals surface area (Å²) in [5.74, 6) is 2.02. The monoisotopic (exact) mass is 376 g/mol. The molecule has 0 spiro atoms. The highest BCUT2D eigenvalue weighted by atomic mass is 16.5. The molecule has 6 heteroatoms. The third-order valence-electron chi connectivity index (χ3n) is 4.27. The summed E-state index contributed by atoms with van der Waals surface area (Å²) in [5.41, 5.74) is 6.30.